The first kappa shape index (κ1) is 19.6. The van der Waals surface area contributed by atoms with Crippen molar-refractivity contribution in [1.82, 2.24) is 15.5 Å². The lowest BCUT2D eigenvalue weighted by atomic mass is 10.2. The lowest BCUT2D eigenvalue weighted by Gasteiger charge is -2.29. The van der Waals surface area contributed by atoms with E-state index in [0.717, 1.165) is 4.90 Å². The molecular formula is C15H21N3O5S. The number of carbonyl (C=O) groups is 4. The van der Waals surface area contributed by atoms with Gasteiger partial charge < -0.3 is 20.6 Å². The summed E-state index contributed by atoms with van der Waals surface area (Å²) in [4.78, 5) is 48.2. The zero-order valence-electron chi connectivity index (χ0n) is 13.7. The van der Waals surface area contributed by atoms with E-state index in [4.69, 9.17) is 5.11 Å². The molecule has 3 amide bonds. The summed E-state index contributed by atoms with van der Waals surface area (Å²) in [6.07, 6.45) is 0. The molecule has 2 unspecified atom stereocenters. The molecule has 0 spiro atoms. The highest BCUT2D eigenvalue weighted by Crippen LogP contribution is 2.09. The zero-order valence-corrected chi connectivity index (χ0v) is 14.6. The van der Waals surface area contributed by atoms with Crippen LogP contribution in [0.15, 0.2) is 17.5 Å². The quantitative estimate of drug-likeness (QED) is 0.620. The molecule has 0 bridgehead atoms. The van der Waals surface area contributed by atoms with Gasteiger partial charge >= 0.3 is 5.97 Å². The molecular weight excluding hydrogens is 334 g/mol. The Hall–Kier alpha value is -2.42. The van der Waals surface area contributed by atoms with Crippen molar-refractivity contribution >= 4 is 35.0 Å². The first-order valence-electron chi connectivity index (χ1n) is 7.36. The molecule has 0 saturated carbocycles. The van der Waals surface area contributed by atoms with Crippen LogP contribution in [0.4, 0.5) is 0 Å². The van der Waals surface area contributed by atoms with Gasteiger partial charge in [-0.3, -0.25) is 14.4 Å². The summed E-state index contributed by atoms with van der Waals surface area (Å²) in [7, 11) is 0. The number of carboxylic acids is 1. The van der Waals surface area contributed by atoms with Gasteiger partial charge in [0.15, 0.2) is 0 Å². The molecule has 24 heavy (non-hydrogen) atoms. The van der Waals surface area contributed by atoms with Crippen LogP contribution in [0.3, 0.4) is 0 Å². The molecule has 1 heterocycles. The third-order valence-corrected chi connectivity index (χ3v) is 4.17. The molecule has 0 radical (unpaired) electrons. The Morgan fingerprint density at radius 1 is 1.29 bits per heavy atom. The van der Waals surface area contributed by atoms with Gasteiger partial charge in [0.05, 0.1) is 4.88 Å². The maximum atomic E-state index is 12.5. The van der Waals surface area contributed by atoms with Crippen LogP contribution in [0.5, 0.6) is 0 Å². The van der Waals surface area contributed by atoms with Gasteiger partial charge in [0.25, 0.3) is 5.91 Å². The Balaban J connectivity index is 2.75. The van der Waals surface area contributed by atoms with E-state index in [1.165, 1.54) is 32.1 Å². The fourth-order valence-corrected chi connectivity index (χ4v) is 2.59. The van der Waals surface area contributed by atoms with Crippen molar-refractivity contribution < 1.29 is 24.3 Å². The highest BCUT2D eigenvalue weighted by Gasteiger charge is 2.29. The van der Waals surface area contributed by atoms with Crippen LogP contribution in [0.2, 0.25) is 0 Å². The molecule has 2 atom stereocenters. The van der Waals surface area contributed by atoms with E-state index in [-0.39, 0.29) is 19.0 Å². The second-order valence-electron chi connectivity index (χ2n) is 5.20. The number of rotatable bonds is 8. The number of nitrogens with zero attached hydrogens (tertiary/aromatic N) is 1. The SMILES string of the molecule is CC(=O)NCCN(C(=O)C(C)NC(=O)c1cccs1)C(C)C(=O)O. The molecule has 0 aliphatic carbocycles. The third-order valence-electron chi connectivity index (χ3n) is 3.30. The van der Waals surface area contributed by atoms with Crippen LogP contribution in [0, 0.1) is 0 Å². The first-order valence-corrected chi connectivity index (χ1v) is 8.24. The van der Waals surface area contributed by atoms with Crippen molar-refractivity contribution in [3.05, 3.63) is 22.4 Å². The number of aliphatic carboxylic acids is 1. The topological polar surface area (TPSA) is 116 Å². The summed E-state index contributed by atoms with van der Waals surface area (Å²) < 4.78 is 0. The number of hydrogen-bond donors (Lipinski definition) is 3. The summed E-state index contributed by atoms with van der Waals surface area (Å²) >= 11 is 1.24. The fourth-order valence-electron chi connectivity index (χ4n) is 1.97. The van der Waals surface area contributed by atoms with Crippen molar-refractivity contribution in [3.8, 4) is 0 Å². The average Bonchev–Trinajstić information content (AvgIpc) is 3.04. The van der Waals surface area contributed by atoms with E-state index >= 15 is 0 Å². The average molecular weight is 355 g/mol. The van der Waals surface area contributed by atoms with Gasteiger partial charge in [-0.15, -0.1) is 11.3 Å². The van der Waals surface area contributed by atoms with Gasteiger partial charge in [0.2, 0.25) is 11.8 Å². The Labute approximate surface area is 143 Å². The number of thiophene rings is 1. The van der Waals surface area contributed by atoms with Gasteiger partial charge in [0, 0.05) is 20.0 Å². The van der Waals surface area contributed by atoms with Gasteiger partial charge in [-0.2, -0.15) is 0 Å². The molecule has 9 heteroatoms. The second-order valence-corrected chi connectivity index (χ2v) is 6.15. The number of amides is 3. The largest absolute Gasteiger partial charge is 0.480 e. The number of carbonyl (C=O) groups excluding carboxylic acids is 3. The standard InChI is InChI=1S/C15H21N3O5S/c1-9(17-13(20)12-5-4-8-24-12)14(21)18(10(2)15(22)23)7-6-16-11(3)19/h4-5,8-10H,6-7H2,1-3H3,(H,16,19)(H,17,20)(H,22,23). The zero-order chi connectivity index (χ0) is 18.3. The lowest BCUT2D eigenvalue weighted by Crippen LogP contribution is -2.53. The molecule has 132 valence electrons. The Kier molecular flexibility index (Phi) is 7.37. The number of hydrogen-bond acceptors (Lipinski definition) is 5. The summed E-state index contributed by atoms with van der Waals surface area (Å²) in [5.41, 5.74) is 0. The molecule has 8 nitrogen and oxygen atoms in total. The summed E-state index contributed by atoms with van der Waals surface area (Å²) in [5.74, 6) is -2.36. The van der Waals surface area contributed by atoms with Gasteiger partial charge in [0.1, 0.15) is 12.1 Å². The normalized spacial score (nSPS) is 12.8. The van der Waals surface area contributed by atoms with Crippen molar-refractivity contribution in [2.75, 3.05) is 13.1 Å². The predicted octanol–water partition coefficient (Wildman–Crippen LogP) is 0.304. The molecule has 0 saturated heterocycles. The van der Waals surface area contributed by atoms with Crippen molar-refractivity contribution in [3.63, 3.8) is 0 Å². The van der Waals surface area contributed by atoms with E-state index < -0.39 is 29.9 Å². The molecule has 0 aromatic carbocycles. The van der Waals surface area contributed by atoms with Crippen LogP contribution in [0.25, 0.3) is 0 Å². The highest BCUT2D eigenvalue weighted by atomic mass is 32.1. The van der Waals surface area contributed by atoms with Crippen LogP contribution in [-0.4, -0.2) is 58.9 Å². The monoisotopic (exact) mass is 355 g/mol. The molecule has 3 N–H and O–H groups in total. The number of carboxylic acid groups (broad SMARTS) is 1. The Bertz CT molecular complexity index is 602. The van der Waals surface area contributed by atoms with E-state index in [1.54, 1.807) is 17.5 Å². The van der Waals surface area contributed by atoms with E-state index in [1.807, 2.05) is 0 Å². The fraction of sp³-hybridized carbons (Fsp3) is 0.467. The van der Waals surface area contributed by atoms with Crippen molar-refractivity contribution in [1.29, 1.82) is 0 Å². The highest BCUT2D eigenvalue weighted by molar-refractivity contribution is 7.12. The second kappa shape index (κ2) is 9.02. The Morgan fingerprint density at radius 2 is 1.96 bits per heavy atom. The van der Waals surface area contributed by atoms with Crippen LogP contribution in [0.1, 0.15) is 30.4 Å². The maximum Gasteiger partial charge on any atom is 0.326 e. The lowest BCUT2D eigenvalue weighted by molar-refractivity contribution is -0.150. The van der Waals surface area contributed by atoms with Gasteiger partial charge in [-0.05, 0) is 25.3 Å². The summed E-state index contributed by atoms with van der Waals surface area (Å²) in [6.45, 7) is 4.36. The van der Waals surface area contributed by atoms with E-state index in [2.05, 4.69) is 10.6 Å². The molecule has 1 aromatic heterocycles. The Morgan fingerprint density at radius 3 is 2.46 bits per heavy atom. The number of nitrogens with one attached hydrogen (secondary N) is 2. The summed E-state index contributed by atoms with van der Waals surface area (Å²) in [6, 6.07) is 1.38. The van der Waals surface area contributed by atoms with Gasteiger partial charge in [-0.25, -0.2) is 4.79 Å². The van der Waals surface area contributed by atoms with Gasteiger partial charge in [-0.1, -0.05) is 6.07 Å². The first-order chi connectivity index (χ1) is 11.2. The predicted molar refractivity (Wildman–Crippen MR) is 88.7 cm³/mol. The minimum absolute atomic E-state index is 0.0328. The van der Waals surface area contributed by atoms with Crippen molar-refractivity contribution in [2.24, 2.45) is 0 Å². The van der Waals surface area contributed by atoms with Crippen molar-refractivity contribution in [2.45, 2.75) is 32.9 Å². The molecule has 1 aromatic rings. The molecule has 1 rings (SSSR count). The van der Waals surface area contributed by atoms with Crippen LogP contribution >= 0.6 is 11.3 Å². The van der Waals surface area contributed by atoms with Crippen LogP contribution < -0.4 is 10.6 Å². The third kappa shape index (κ3) is 5.65. The van der Waals surface area contributed by atoms with Crippen LogP contribution in [-0.2, 0) is 14.4 Å². The minimum atomic E-state index is -1.16. The molecule has 0 aliphatic heterocycles. The molecule has 0 fully saturated rings. The molecule has 0 aliphatic rings. The maximum absolute atomic E-state index is 12.5. The van der Waals surface area contributed by atoms with E-state index in [0.29, 0.717) is 4.88 Å². The van der Waals surface area contributed by atoms with E-state index in [9.17, 15) is 19.2 Å². The summed E-state index contributed by atoms with van der Waals surface area (Å²) in [5, 5.41) is 16.0. The minimum Gasteiger partial charge on any atom is -0.480 e. The smallest absolute Gasteiger partial charge is 0.326 e.